The fourth-order valence-corrected chi connectivity index (χ4v) is 3.34. The summed E-state index contributed by atoms with van der Waals surface area (Å²) in [6, 6.07) is 23.8. The number of anilines is 1. The van der Waals surface area contributed by atoms with Gasteiger partial charge in [-0.15, -0.1) is 0 Å². The minimum Gasteiger partial charge on any atom is -0.480 e. The van der Waals surface area contributed by atoms with Gasteiger partial charge in [0, 0.05) is 11.3 Å². The van der Waals surface area contributed by atoms with Gasteiger partial charge in [-0.2, -0.15) is 0 Å². The Morgan fingerprint density at radius 1 is 0.833 bits per heavy atom. The summed E-state index contributed by atoms with van der Waals surface area (Å²) in [5, 5.41) is 12.2. The van der Waals surface area contributed by atoms with E-state index in [9.17, 15) is 14.7 Å². The van der Waals surface area contributed by atoms with E-state index in [1.807, 2.05) is 48.5 Å². The molecule has 0 radical (unpaired) electrons. The van der Waals surface area contributed by atoms with Crippen LogP contribution in [0, 0.1) is 0 Å². The lowest BCUT2D eigenvalue weighted by Crippen LogP contribution is -2.41. The van der Waals surface area contributed by atoms with Crippen molar-refractivity contribution < 1.29 is 14.7 Å². The summed E-state index contributed by atoms with van der Waals surface area (Å²) in [7, 11) is 0. The van der Waals surface area contributed by atoms with Gasteiger partial charge in [0.2, 0.25) is 0 Å². The lowest BCUT2D eigenvalue weighted by atomic mass is 10.00. The number of rotatable bonds is 9. The fourth-order valence-electron chi connectivity index (χ4n) is 3.34. The van der Waals surface area contributed by atoms with Crippen molar-refractivity contribution in [2.24, 2.45) is 0 Å². The molecular formula is C25H26N2O3. The van der Waals surface area contributed by atoms with E-state index >= 15 is 0 Å². The first-order valence-corrected chi connectivity index (χ1v) is 10.0. The Kier molecular flexibility index (Phi) is 7.22. The maximum absolute atomic E-state index is 12.7. The highest BCUT2D eigenvalue weighted by Crippen LogP contribution is 2.17. The van der Waals surface area contributed by atoms with E-state index in [4.69, 9.17) is 5.73 Å². The van der Waals surface area contributed by atoms with Gasteiger partial charge in [0.05, 0.1) is 0 Å². The first-order valence-electron chi connectivity index (χ1n) is 10.0. The molecule has 0 aliphatic heterocycles. The number of aryl methyl sites for hydroxylation is 3. The standard InChI is InChI=1S/C25H26N2O3/c26-22-15-14-21(17-20(22)13-11-18-7-3-1-4-8-18)24(28)27-23(25(29)30)16-12-19-9-5-2-6-10-19/h1-10,14-15,17,23H,11-13,16,26H2,(H,27,28)(H,29,30)/t23-/m0/s1. The predicted molar refractivity (Wildman–Crippen MR) is 118 cm³/mol. The molecule has 0 aliphatic carbocycles. The van der Waals surface area contributed by atoms with Crippen molar-refractivity contribution in [3.63, 3.8) is 0 Å². The normalized spacial score (nSPS) is 11.6. The number of hydrogen-bond acceptors (Lipinski definition) is 3. The molecule has 0 saturated heterocycles. The molecule has 0 bridgehead atoms. The molecule has 4 N–H and O–H groups in total. The average Bonchev–Trinajstić information content (AvgIpc) is 2.77. The molecule has 1 atom stereocenters. The molecule has 3 rings (SSSR count). The molecule has 0 heterocycles. The topological polar surface area (TPSA) is 92.4 Å². The Bertz CT molecular complexity index is 988. The minimum atomic E-state index is -1.04. The average molecular weight is 402 g/mol. The van der Waals surface area contributed by atoms with Crippen LogP contribution < -0.4 is 11.1 Å². The van der Waals surface area contributed by atoms with Gasteiger partial charge < -0.3 is 16.2 Å². The molecule has 0 unspecified atom stereocenters. The van der Waals surface area contributed by atoms with Crippen LogP contribution in [0.5, 0.6) is 0 Å². The van der Waals surface area contributed by atoms with Crippen LogP contribution in [0.4, 0.5) is 5.69 Å². The number of nitrogen functional groups attached to an aromatic ring is 1. The molecule has 0 aromatic heterocycles. The van der Waals surface area contributed by atoms with E-state index in [0.717, 1.165) is 17.5 Å². The Morgan fingerprint density at radius 2 is 1.43 bits per heavy atom. The van der Waals surface area contributed by atoms with Gasteiger partial charge in [-0.3, -0.25) is 4.79 Å². The quantitative estimate of drug-likeness (QED) is 0.474. The van der Waals surface area contributed by atoms with Crippen LogP contribution in [0.3, 0.4) is 0 Å². The zero-order valence-corrected chi connectivity index (χ0v) is 16.8. The molecule has 154 valence electrons. The van der Waals surface area contributed by atoms with Crippen molar-refractivity contribution in [3.05, 3.63) is 101 Å². The monoisotopic (exact) mass is 402 g/mol. The summed E-state index contributed by atoms with van der Waals surface area (Å²) in [5.74, 6) is -1.45. The second kappa shape index (κ2) is 10.3. The van der Waals surface area contributed by atoms with Crippen LogP contribution in [0.15, 0.2) is 78.9 Å². The molecule has 5 heteroatoms. The maximum atomic E-state index is 12.7. The molecule has 3 aromatic rings. The zero-order chi connectivity index (χ0) is 21.3. The molecule has 0 fully saturated rings. The Hall–Kier alpha value is -3.60. The number of hydrogen-bond donors (Lipinski definition) is 3. The summed E-state index contributed by atoms with van der Waals surface area (Å²) in [4.78, 5) is 24.3. The van der Waals surface area contributed by atoms with Crippen molar-refractivity contribution in [3.8, 4) is 0 Å². The minimum absolute atomic E-state index is 0.320. The van der Waals surface area contributed by atoms with Crippen LogP contribution in [0.1, 0.15) is 33.5 Å². The molecule has 0 aliphatic rings. The summed E-state index contributed by atoms with van der Waals surface area (Å²) >= 11 is 0. The van der Waals surface area contributed by atoms with Crippen LogP contribution in [-0.4, -0.2) is 23.0 Å². The first-order chi connectivity index (χ1) is 14.5. The summed E-state index contributed by atoms with van der Waals surface area (Å²) in [6.07, 6.45) is 2.40. The van der Waals surface area contributed by atoms with E-state index in [2.05, 4.69) is 17.4 Å². The third-order valence-corrected chi connectivity index (χ3v) is 5.10. The van der Waals surface area contributed by atoms with Gasteiger partial charge in [-0.1, -0.05) is 60.7 Å². The Morgan fingerprint density at radius 3 is 2.03 bits per heavy atom. The number of carboxylic acid groups (broad SMARTS) is 1. The molecule has 0 spiro atoms. The predicted octanol–water partition coefficient (Wildman–Crippen LogP) is 3.87. The number of amides is 1. The number of carbonyl (C=O) groups is 2. The summed E-state index contributed by atoms with van der Waals surface area (Å²) < 4.78 is 0. The second-order valence-corrected chi connectivity index (χ2v) is 7.29. The van der Waals surface area contributed by atoms with Crippen LogP contribution >= 0.6 is 0 Å². The maximum Gasteiger partial charge on any atom is 0.326 e. The van der Waals surface area contributed by atoms with Crippen molar-refractivity contribution in [2.75, 3.05) is 5.73 Å². The van der Waals surface area contributed by atoms with Gasteiger partial charge in [0.1, 0.15) is 6.04 Å². The number of benzene rings is 3. The highest BCUT2D eigenvalue weighted by Gasteiger charge is 2.21. The fraction of sp³-hybridized carbons (Fsp3) is 0.200. The van der Waals surface area contributed by atoms with E-state index < -0.39 is 17.9 Å². The molecule has 3 aromatic carbocycles. The number of aliphatic carboxylic acids is 1. The first kappa shape index (κ1) is 21.1. The van der Waals surface area contributed by atoms with Crippen molar-refractivity contribution >= 4 is 17.6 Å². The molecule has 1 amide bonds. The van der Waals surface area contributed by atoms with E-state index in [1.54, 1.807) is 18.2 Å². The number of carboxylic acids is 1. The van der Waals surface area contributed by atoms with Crippen molar-refractivity contribution in [1.82, 2.24) is 5.32 Å². The van der Waals surface area contributed by atoms with Gasteiger partial charge in [-0.25, -0.2) is 4.79 Å². The summed E-state index contributed by atoms with van der Waals surface area (Å²) in [6.45, 7) is 0. The molecular weight excluding hydrogens is 376 g/mol. The van der Waals surface area contributed by atoms with E-state index in [0.29, 0.717) is 30.5 Å². The van der Waals surface area contributed by atoms with Gasteiger partial charge in [-0.05, 0) is 60.6 Å². The van der Waals surface area contributed by atoms with Crippen molar-refractivity contribution in [2.45, 2.75) is 31.7 Å². The van der Waals surface area contributed by atoms with Gasteiger partial charge in [0.15, 0.2) is 0 Å². The summed E-state index contributed by atoms with van der Waals surface area (Å²) in [5.41, 5.74) is 10.2. The van der Waals surface area contributed by atoms with Crippen molar-refractivity contribution in [1.29, 1.82) is 0 Å². The Balaban J connectivity index is 1.64. The highest BCUT2D eigenvalue weighted by molar-refractivity contribution is 5.97. The Labute approximate surface area is 176 Å². The lowest BCUT2D eigenvalue weighted by molar-refractivity contribution is -0.139. The van der Waals surface area contributed by atoms with Crippen LogP contribution in [0.25, 0.3) is 0 Å². The SMILES string of the molecule is Nc1ccc(C(=O)N[C@@H](CCc2ccccc2)C(=O)O)cc1CCc1ccccc1. The largest absolute Gasteiger partial charge is 0.480 e. The number of nitrogens with two attached hydrogens (primary N) is 1. The number of nitrogens with one attached hydrogen (secondary N) is 1. The van der Waals surface area contributed by atoms with Crippen LogP contribution in [0.2, 0.25) is 0 Å². The highest BCUT2D eigenvalue weighted by atomic mass is 16.4. The molecule has 0 saturated carbocycles. The van der Waals surface area contributed by atoms with Gasteiger partial charge >= 0.3 is 5.97 Å². The van der Waals surface area contributed by atoms with Gasteiger partial charge in [0.25, 0.3) is 5.91 Å². The molecule has 5 nitrogen and oxygen atoms in total. The smallest absolute Gasteiger partial charge is 0.326 e. The lowest BCUT2D eigenvalue weighted by Gasteiger charge is -2.15. The third-order valence-electron chi connectivity index (χ3n) is 5.10. The van der Waals surface area contributed by atoms with E-state index in [-0.39, 0.29) is 0 Å². The second-order valence-electron chi connectivity index (χ2n) is 7.29. The number of carbonyl (C=O) groups excluding carboxylic acids is 1. The third kappa shape index (κ3) is 5.95. The van der Waals surface area contributed by atoms with Crippen LogP contribution in [-0.2, 0) is 24.1 Å². The van der Waals surface area contributed by atoms with E-state index in [1.165, 1.54) is 5.56 Å². The zero-order valence-electron chi connectivity index (χ0n) is 16.8. The molecule has 30 heavy (non-hydrogen) atoms.